The summed E-state index contributed by atoms with van der Waals surface area (Å²) in [6.45, 7) is 0.658. The highest BCUT2D eigenvalue weighted by atomic mass is 32.2. The largest absolute Gasteiger partial charge is 0.367 e. The molecule has 0 radical (unpaired) electrons. The first-order valence-corrected chi connectivity index (χ1v) is 7.38. The number of rotatable bonds is 5. The number of aromatic nitrogens is 1. The van der Waals surface area contributed by atoms with Gasteiger partial charge in [-0.3, -0.25) is 10.1 Å². The quantitative estimate of drug-likeness (QED) is 0.779. The molecule has 16 heavy (non-hydrogen) atoms. The number of nitrogens with zero attached hydrogens (tertiary/aromatic N) is 1. The number of thioether (sulfide) groups is 1. The van der Waals surface area contributed by atoms with Gasteiger partial charge in [-0.2, -0.15) is 0 Å². The zero-order valence-electron chi connectivity index (χ0n) is 8.59. The molecule has 1 aromatic rings. The molecular formula is C9H13N3OS3. The molecule has 0 aliphatic heterocycles. The van der Waals surface area contributed by atoms with Crippen molar-refractivity contribution in [2.24, 2.45) is 5.14 Å². The average Bonchev–Trinajstić information content (AvgIpc) is 2.27. The van der Waals surface area contributed by atoms with Crippen LogP contribution in [0.1, 0.15) is 5.56 Å². The Bertz CT molecular complexity index is 358. The van der Waals surface area contributed by atoms with Crippen molar-refractivity contribution in [3.8, 4) is 0 Å². The SMILES string of the molecule is NS(=O)CCSC(=S)NCc1cccnc1. The van der Waals surface area contributed by atoms with E-state index in [4.69, 9.17) is 17.4 Å². The summed E-state index contributed by atoms with van der Waals surface area (Å²) in [4.78, 5) is 4.00. The molecule has 1 rings (SSSR count). The first-order chi connectivity index (χ1) is 7.68. The van der Waals surface area contributed by atoms with Crippen molar-refractivity contribution in [3.05, 3.63) is 30.1 Å². The minimum absolute atomic E-state index is 0.458. The molecule has 1 unspecified atom stereocenters. The Balaban J connectivity index is 2.18. The van der Waals surface area contributed by atoms with Crippen LogP contribution in [0, 0.1) is 0 Å². The van der Waals surface area contributed by atoms with Gasteiger partial charge in [0.2, 0.25) is 0 Å². The second-order valence-corrected chi connectivity index (χ2v) is 5.88. The molecule has 0 saturated carbocycles. The van der Waals surface area contributed by atoms with E-state index < -0.39 is 11.0 Å². The minimum Gasteiger partial charge on any atom is -0.367 e. The van der Waals surface area contributed by atoms with Gasteiger partial charge in [-0.05, 0) is 11.6 Å². The van der Waals surface area contributed by atoms with Crippen LogP contribution >= 0.6 is 24.0 Å². The fourth-order valence-electron chi connectivity index (χ4n) is 0.944. The number of nitrogens with one attached hydrogen (secondary N) is 1. The molecule has 7 heteroatoms. The Morgan fingerprint density at radius 1 is 1.69 bits per heavy atom. The molecule has 0 bridgehead atoms. The smallest absolute Gasteiger partial charge is 0.134 e. The van der Waals surface area contributed by atoms with Crippen molar-refractivity contribution in [1.82, 2.24) is 10.3 Å². The van der Waals surface area contributed by atoms with Gasteiger partial charge in [0, 0.05) is 30.4 Å². The Morgan fingerprint density at radius 2 is 2.50 bits per heavy atom. The van der Waals surface area contributed by atoms with E-state index in [1.807, 2.05) is 12.1 Å². The minimum atomic E-state index is -1.24. The molecule has 0 aromatic carbocycles. The first kappa shape index (κ1) is 13.6. The Hall–Kier alpha value is -0.500. The molecule has 0 amide bonds. The molecule has 1 heterocycles. The van der Waals surface area contributed by atoms with Gasteiger partial charge in [0.1, 0.15) is 4.32 Å². The van der Waals surface area contributed by atoms with E-state index in [-0.39, 0.29) is 0 Å². The van der Waals surface area contributed by atoms with Crippen LogP contribution in [0.3, 0.4) is 0 Å². The predicted molar refractivity (Wildman–Crippen MR) is 73.3 cm³/mol. The standard InChI is InChI=1S/C9H13N3OS3/c10-16(13)5-4-15-9(14)12-7-8-2-1-3-11-6-8/h1-3,6H,4-5,7,10H2,(H,12,14). The highest BCUT2D eigenvalue weighted by Gasteiger charge is 1.99. The molecule has 3 N–H and O–H groups in total. The summed E-state index contributed by atoms with van der Waals surface area (Å²) in [7, 11) is -1.24. The summed E-state index contributed by atoms with van der Waals surface area (Å²) in [5.74, 6) is 1.13. The number of hydrogen-bond donors (Lipinski definition) is 2. The lowest BCUT2D eigenvalue weighted by Crippen LogP contribution is -2.19. The van der Waals surface area contributed by atoms with Crippen LogP contribution in [0.2, 0.25) is 0 Å². The molecule has 1 aromatic heterocycles. The van der Waals surface area contributed by atoms with Crippen LogP contribution in [0.5, 0.6) is 0 Å². The predicted octanol–water partition coefficient (Wildman–Crippen LogP) is 0.812. The van der Waals surface area contributed by atoms with Crippen molar-refractivity contribution in [3.63, 3.8) is 0 Å². The lowest BCUT2D eigenvalue weighted by Gasteiger charge is -2.06. The van der Waals surface area contributed by atoms with Gasteiger partial charge in [-0.1, -0.05) is 30.0 Å². The van der Waals surface area contributed by atoms with Crippen LogP contribution in [0.25, 0.3) is 0 Å². The molecule has 88 valence electrons. The van der Waals surface area contributed by atoms with E-state index in [2.05, 4.69) is 10.3 Å². The molecule has 0 spiro atoms. The zero-order valence-corrected chi connectivity index (χ0v) is 11.0. The Morgan fingerprint density at radius 3 is 3.12 bits per heavy atom. The maximum atomic E-state index is 10.6. The zero-order chi connectivity index (χ0) is 11.8. The van der Waals surface area contributed by atoms with Gasteiger partial charge in [-0.25, -0.2) is 4.21 Å². The number of nitrogens with two attached hydrogens (primary N) is 1. The van der Waals surface area contributed by atoms with E-state index >= 15 is 0 Å². The van der Waals surface area contributed by atoms with E-state index in [9.17, 15) is 4.21 Å². The third-order valence-electron chi connectivity index (χ3n) is 1.68. The van der Waals surface area contributed by atoms with E-state index in [1.165, 1.54) is 11.8 Å². The van der Waals surface area contributed by atoms with Crippen molar-refractivity contribution in [2.45, 2.75) is 6.54 Å². The maximum Gasteiger partial charge on any atom is 0.134 e. The van der Waals surface area contributed by atoms with Crippen molar-refractivity contribution in [2.75, 3.05) is 11.5 Å². The van der Waals surface area contributed by atoms with E-state index in [1.54, 1.807) is 12.4 Å². The third kappa shape index (κ3) is 6.16. The van der Waals surface area contributed by atoms with Crippen LogP contribution in [0.15, 0.2) is 24.5 Å². The molecule has 4 nitrogen and oxygen atoms in total. The monoisotopic (exact) mass is 275 g/mol. The summed E-state index contributed by atoms with van der Waals surface area (Å²) in [6.07, 6.45) is 3.52. The molecule has 1 atom stereocenters. The molecule has 0 saturated heterocycles. The number of hydrogen-bond acceptors (Lipinski definition) is 4. The average molecular weight is 275 g/mol. The van der Waals surface area contributed by atoms with Crippen molar-refractivity contribution >= 4 is 39.3 Å². The Labute approximate surface area is 107 Å². The highest BCUT2D eigenvalue weighted by molar-refractivity contribution is 8.23. The van der Waals surface area contributed by atoms with Crippen LogP contribution in [0.4, 0.5) is 0 Å². The lowest BCUT2D eigenvalue weighted by molar-refractivity contribution is 0.685. The van der Waals surface area contributed by atoms with Gasteiger partial charge in [-0.15, -0.1) is 0 Å². The van der Waals surface area contributed by atoms with Crippen molar-refractivity contribution < 1.29 is 4.21 Å². The summed E-state index contributed by atoms with van der Waals surface area (Å²) in [6, 6.07) is 3.85. The first-order valence-electron chi connectivity index (χ1n) is 4.61. The van der Waals surface area contributed by atoms with E-state index in [0.29, 0.717) is 22.4 Å². The molecule has 0 aliphatic carbocycles. The van der Waals surface area contributed by atoms with Gasteiger partial charge in [0.25, 0.3) is 0 Å². The lowest BCUT2D eigenvalue weighted by atomic mass is 10.3. The summed E-state index contributed by atoms with van der Waals surface area (Å²) in [5.41, 5.74) is 1.08. The van der Waals surface area contributed by atoms with E-state index in [0.717, 1.165) is 5.56 Å². The normalized spacial score (nSPS) is 12.1. The summed E-state index contributed by atoms with van der Waals surface area (Å²) >= 11 is 6.55. The summed E-state index contributed by atoms with van der Waals surface area (Å²) in [5, 5.41) is 8.22. The maximum absolute atomic E-state index is 10.6. The highest BCUT2D eigenvalue weighted by Crippen LogP contribution is 2.03. The third-order valence-corrected chi connectivity index (χ3v) is 3.85. The molecule has 0 aliphatic rings. The number of thiocarbonyl (C=S) groups is 1. The summed E-state index contributed by atoms with van der Waals surface area (Å²) < 4.78 is 11.3. The van der Waals surface area contributed by atoms with Gasteiger partial charge in [0.05, 0.1) is 11.0 Å². The van der Waals surface area contributed by atoms with Crippen LogP contribution < -0.4 is 10.5 Å². The van der Waals surface area contributed by atoms with Crippen LogP contribution in [-0.4, -0.2) is 25.0 Å². The van der Waals surface area contributed by atoms with Crippen molar-refractivity contribution in [1.29, 1.82) is 0 Å². The second kappa shape index (κ2) is 7.72. The fraction of sp³-hybridized carbons (Fsp3) is 0.333. The molecule has 0 fully saturated rings. The number of pyridine rings is 1. The Kier molecular flexibility index (Phi) is 6.55. The second-order valence-electron chi connectivity index (χ2n) is 2.94. The fourth-order valence-corrected chi connectivity index (χ4v) is 2.62. The molecular weight excluding hydrogens is 262 g/mol. The van der Waals surface area contributed by atoms with Gasteiger partial charge in [0.15, 0.2) is 0 Å². The van der Waals surface area contributed by atoms with Gasteiger partial charge >= 0.3 is 0 Å². The van der Waals surface area contributed by atoms with Crippen LogP contribution in [-0.2, 0) is 17.5 Å². The topological polar surface area (TPSA) is 68.0 Å². The van der Waals surface area contributed by atoms with Gasteiger partial charge < -0.3 is 5.32 Å².